The van der Waals surface area contributed by atoms with Gasteiger partial charge in [0, 0.05) is 0 Å². The Bertz CT molecular complexity index is 529. The fourth-order valence-corrected chi connectivity index (χ4v) is 1.66. The average molecular weight is 271 g/mol. The molecule has 4 heteroatoms. The first-order chi connectivity index (χ1) is 8.16. The summed E-state index contributed by atoms with van der Waals surface area (Å²) in [6.45, 7) is 0.248. The summed E-state index contributed by atoms with van der Waals surface area (Å²) in [6.07, 6.45) is 0. The van der Waals surface area contributed by atoms with Gasteiger partial charge in [-0.1, -0.05) is 41.4 Å². The molecule has 0 aliphatic rings. The van der Waals surface area contributed by atoms with Crippen LogP contribution < -0.4 is 4.74 Å². The largest absolute Gasteiger partial charge is 0.487 e. The summed E-state index contributed by atoms with van der Waals surface area (Å²) in [4.78, 5) is 0. The second-order valence-corrected chi connectivity index (χ2v) is 4.28. The summed E-state index contributed by atoms with van der Waals surface area (Å²) in [6, 6.07) is 11.7. The predicted molar refractivity (Wildman–Crippen MR) is 67.2 cm³/mol. The molecule has 0 radical (unpaired) electrons. The highest BCUT2D eigenvalue weighted by atomic mass is 35.5. The van der Waals surface area contributed by atoms with Crippen molar-refractivity contribution in [2.45, 2.75) is 6.61 Å². The van der Waals surface area contributed by atoms with Gasteiger partial charge in [-0.05, 0) is 29.8 Å². The van der Waals surface area contributed by atoms with Crippen LogP contribution in [0.1, 0.15) is 5.56 Å². The second-order valence-electron chi connectivity index (χ2n) is 3.47. The zero-order chi connectivity index (χ0) is 12.3. The molecule has 0 fully saturated rings. The SMILES string of the molecule is Fc1cc(COc2ccccc2Cl)ccc1Cl. The Hall–Kier alpha value is -1.25. The molecule has 0 bridgehead atoms. The minimum Gasteiger partial charge on any atom is -0.487 e. The normalized spacial score (nSPS) is 10.3. The number of ether oxygens (including phenoxy) is 1. The maximum absolute atomic E-state index is 13.2. The van der Waals surface area contributed by atoms with E-state index >= 15 is 0 Å². The van der Waals surface area contributed by atoms with Crippen LogP contribution in [0.3, 0.4) is 0 Å². The standard InChI is InChI=1S/C13H9Cl2FO/c14-10-6-5-9(7-12(10)16)8-17-13-4-2-1-3-11(13)15/h1-7H,8H2. The van der Waals surface area contributed by atoms with E-state index < -0.39 is 5.82 Å². The highest BCUT2D eigenvalue weighted by molar-refractivity contribution is 6.32. The van der Waals surface area contributed by atoms with Gasteiger partial charge in [0.05, 0.1) is 10.0 Å². The molecule has 0 aliphatic heterocycles. The number of benzene rings is 2. The van der Waals surface area contributed by atoms with Crippen LogP contribution in [0.4, 0.5) is 4.39 Å². The number of halogens is 3. The molecule has 0 aliphatic carbocycles. The minimum absolute atomic E-state index is 0.103. The molecule has 0 atom stereocenters. The van der Waals surface area contributed by atoms with Gasteiger partial charge in [0.15, 0.2) is 0 Å². The third-order valence-electron chi connectivity index (χ3n) is 2.22. The Balaban J connectivity index is 2.08. The highest BCUT2D eigenvalue weighted by Crippen LogP contribution is 2.24. The molecule has 2 rings (SSSR count). The van der Waals surface area contributed by atoms with Crippen LogP contribution in [0.5, 0.6) is 5.75 Å². The molecule has 0 spiro atoms. The predicted octanol–water partition coefficient (Wildman–Crippen LogP) is 4.71. The lowest BCUT2D eigenvalue weighted by Gasteiger charge is -2.08. The number of para-hydroxylation sites is 1. The van der Waals surface area contributed by atoms with Gasteiger partial charge >= 0.3 is 0 Å². The Kier molecular flexibility index (Phi) is 3.87. The summed E-state index contributed by atoms with van der Waals surface area (Å²) >= 11 is 11.5. The van der Waals surface area contributed by atoms with E-state index in [0.717, 1.165) is 0 Å². The van der Waals surface area contributed by atoms with Crippen LogP contribution in [0.2, 0.25) is 10.0 Å². The van der Waals surface area contributed by atoms with Crippen LogP contribution in [0.15, 0.2) is 42.5 Å². The van der Waals surface area contributed by atoms with Gasteiger partial charge in [-0.25, -0.2) is 4.39 Å². The first-order valence-corrected chi connectivity index (χ1v) is 5.73. The van der Waals surface area contributed by atoms with Crippen molar-refractivity contribution in [3.8, 4) is 5.75 Å². The lowest BCUT2D eigenvalue weighted by molar-refractivity contribution is 0.306. The summed E-state index contributed by atoms with van der Waals surface area (Å²) in [5.74, 6) is 0.122. The second kappa shape index (κ2) is 5.39. The van der Waals surface area contributed by atoms with E-state index in [1.807, 2.05) is 12.1 Å². The van der Waals surface area contributed by atoms with Crippen LogP contribution >= 0.6 is 23.2 Å². The molecular formula is C13H9Cl2FO. The molecule has 88 valence electrons. The van der Waals surface area contributed by atoms with E-state index in [9.17, 15) is 4.39 Å². The summed E-state index contributed by atoms with van der Waals surface area (Å²) < 4.78 is 18.6. The maximum atomic E-state index is 13.2. The lowest BCUT2D eigenvalue weighted by Crippen LogP contribution is -1.96. The van der Waals surface area contributed by atoms with E-state index in [1.54, 1.807) is 18.2 Å². The molecule has 0 saturated heterocycles. The molecular weight excluding hydrogens is 262 g/mol. The first kappa shape index (κ1) is 12.2. The zero-order valence-corrected chi connectivity index (χ0v) is 10.3. The van der Waals surface area contributed by atoms with Gasteiger partial charge < -0.3 is 4.74 Å². The topological polar surface area (TPSA) is 9.23 Å². The Morgan fingerprint density at radius 2 is 1.76 bits per heavy atom. The fourth-order valence-electron chi connectivity index (χ4n) is 1.35. The molecule has 2 aromatic carbocycles. The molecule has 0 amide bonds. The minimum atomic E-state index is -0.452. The third kappa shape index (κ3) is 3.11. The molecule has 2 aromatic rings. The van der Waals surface area contributed by atoms with Crippen LogP contribution in [0, 0.1) is 5.82 Å². The van der Waals surface area contributed by atoms with Crippen molar-refractivity contribution in [2.75, 3.05) is 0 Å². The fraction of sp³-hybridized carbons (Fsp3) is 0.0769. The van der Waals surface area contributed by atoms with E-state index in [2.05, 4.69) is 0 Å². The molecule has 0 N–H and O–H groups in total. The van der Waals surface area contributed by atoms with Gasteiger partial charge in [0.1, 0.15) is 18.2 Å². The van der Waals surface area contributed by atoms with Gasteiger partial charge in [-0.15, -0.1) is 0 Å². The van der Waals surface area contributed by atoms with Crippen LogP contribution in [-0.4, -0.2) is 0 Å². The number of hydrogen-bond donors (Lipinski definition) is 0. The van der Waals surface area contributed by atoms with Crippen molar-refractivity contribution >= 4 is 23.2 Å². The number of hydrogen-bond acceptors (Lipinski definition) is 1. The van der Waals surface area contributed by atoms with Crippen molar-refractivity contribution in [3.63, 3.8) is 0 Å². The van der Waals surface area contributed by atoms with Gasteiger partial charge in [-0.2, -0.15) is 0 Å². The van der Waals surface area contributed by atoms with E-state index in [0.29, 0.717) is 16.3 Å². The summed E-state index contributed by atoms with van der Waals surface area (Å²) in [5, 5.41) is 0.633. The van der Waals surface area contributed by atoms with Crippen molar-refractivity contribution in [2.24, 2.45) is 0 Å². The quantitative estimate of drug-likeness (QED) is 0.785. The van der Waals surface area contributed by atoms with Crippen molar-refractivity contribution in [3.05, 3.63) is 63.9 Å². The van der Waals surface area contributed by atoms with Gasteiger partial charge in [-0.3, -0.25) is 0 Å². The zero-order valence-electron chi connectivity index (χ0n) is 8.79. The van der Waals surface area contributed by atoms with Crippen molar-refractivity contribution < 1.29 is 9.13 Å². The lowest BCUT2D eigenvalue weighted by atomic mass is 10.2. The monoisotopic (exact) mass is 270 g/mol. The van der Waals surface area contributed by atoms with Crippen molar-refractivity contribution in [1.29, 1.82) is 0 Å². The van der Waals surface area contributed by atoms with Gasteiger partial charge in [0.2, 0.25) is 0 Å². The van der Waals surface area contributed by atoms with Crippen LogP contribution in [-0.2, 0) is 6.61 Å². The van der Waals surface area contributed by atoms with E-state index in [4.69, 9.17) is 27.9 Å². The van der Waals surface area contributed by atoms with E-state index in [1.165, 1.54) is 12.1 Å². The summed E-state index contributed by atoms with van der Waals surface area (Å²) in [5.41, 5.74) is 0.701. The molecule has 0 heterocycles. The number of rotatable bonds is 3. The van der Waals surface area contributed by atoms with Crippen molar-refractivity contribution in [1.82, 2.24) is 0 Å². The average Bonchev–Trinajstić information content (AvgIpc) is 2.32. The third-order valence-corrected chi connectivity index (χ3v) is 2.83. The van der Waals surface area contributed by atoms with Gasteiger partial charge in [0.25, 0.3) is 0 Å². The molecule has 17 heavy (non-hydrogen) atoms. The molecule has 0 unspecified atom stereocenters. The Morgan fingerprint density at radius 1 is 1.00 bits per heavy atom. The summed E-state index contributed by atoms with van der Waals surface area (Å²) in [7, 11) is 0. The molecule has 1 nitrogen and oxygen atoms in total. The maximum Gasteiger partial charge on any atom is 0.142 e. The Labute approximate surface area is 109 Å². The Morgan fingerprint density at radius 3 is 2.47 bits per heavy atom. The highest BCUT2D eigenvalue weighted by Gasteiger charge is 2.03. The molecule has 0 saturated carbocycles. The van der Waals surface area contributed by atoms with Crippen LogP contribution in [0.25, 0.3) is 0 Å². The molecule has 0 aromatic heterocycles. The first-order valence-electron chi connectivity index (χ1n) is 4.98. The smallest absolute Gasteiger partial charge is 0.142 e. The van der Waals surface area contributed by atoms with E-state index in [-0.39, 0.29) is 11.6 Å².